The van der Waals surface area contributed by atoms with Gasteiger partial charge in [0.2, 0.25) is 0 Å². The number of nitrogens with zero attached hydrogens (tertiary/aromatic N) is 2. The summed E-state index contributed by atoms with van der Waals surface area (Å²) in [6, 6.07) is 3.75. The number of amides is 1. The van der Waals surface area contributed by atoms with Gasteiger partial charge < -0.3 is 9.64 Å². The Labute approximate surface area is 146 Å². The molecular formula is C19H23N3O3. The number of aromatic nitrogens is 2. The molecule has 1 saturated carbocycles. The number of nitrogens with one attached hydrogen (secondary N) is 1. The number of hydrogen-bond donors (Lipinski definition) is 1. The van der Waals surface area contributed by atoms with Crippen LogP contribution in [-0.2, 0) is 9.53 Å². The zero-order valence-corrected chi connectivity index (χ0v) is 14.5. The maximum absolute atomic E-state index is 13.3. The molecule has 2 fully saturated rings. The van der Waals surface area contributed by atoms with Crippen LogP contribution in [0.5, 0.6) is 0 Å². The fourth-order valence-corrected chi connectivity index (χ4v) is 4.16. The van der Waals surface area contributed by atoms with E-state index in [0.29, 0.717) is 31.7 Å². The molecule has 4 rings (SSSR count). The third-order valence-electron chi connectivity index (χ3n) is 5.42. The van der Waals surface area contributed by atoms with Gasteiger partial charge >= 0.3 is 0 Å². The summed E-state index contributed by atoms with van der Waals surface area (Å²) in [4.78, 5) is 27.6. The standard InChI is InChI=1S/C19H23N3O3/c1-12-8-13-10-20-21-18(13)15(9-12)19(24)22-6-7-25-11-16(22)14-4-2-3-5-17(14)23/h8-10,14,16H,2-7,11H2,1H3,(H,20,21). The minimum atomic E-state index is -0.160. The highest BCUT2D eigenvalue weighted by atomic mass is 16.5. The molecule has 6 nitrogen and oxygen atoms in total. The summed E-state index contributed by atoms with van der Waals surface area (Å²) in [5.41, 5.74) is 2.41. The molecule has 1 aliphatic carbocycles. The molecular weight excluding hydrogens is 318 g/mol. The molecule has 1 saturated heterocycles. The highest BCUT2D eigenvalue weighted by Crippen LogP contribution is 2.30. The molecule has 0 bridgehead atoms. The van der Waals surface area contributed by atoms with E-state index in [-0.39, 0.29) is 23.7 Å². The Hall–Kier alpha value is -2.21. The monoisotopic (exact) mass is 341 g/mol. The SMILES string of the molecule is Cc1cc(C(=O)N2CCOCC2C2CCCCC2=O)c2[nH]ncc2c1. The molecule has 2 atom stereocenters. The second-order valence-electron chi connectivity index (χ2n) is 7.11. The van der Waals surface area contributed by atoms with Crippen LogP contribution in [0.25, 0.3) is 10.9 Å². The van der Waals surface area contributed by atoms with Gasteiger partial charge in [-0.1, -0.05) is 6.42 Å². The normalized spacial score (nSPS) is 24.7. The van der Waals surface area contributed by atoms with Crippen molar-refractivity contribution in [1.29, 1.82) is 0 Å². The summed E-state index contributed by atoms with van der Waals surface area (Å²) in [6.45, 7) is 3.46. The molecule has 2 heterocycles. The van der Waals surface area contributed by atoms with Gasteiger partial charge in [-0.2, -0.15) is 5.10 Å². The number of hydrogen-bond acceptors (Lipinski definition) is 4. The number of aromatic amines is 1. The zero-order valence-electron chi connectivity index (χ0n) is 14.5. The first kappa shape index (κ1) is 16.3. The van der Waals surface area contributed by atoms with E-state index >= 15 is 0 Å². The van der Waals surface area contributed by atoms with Crippen molar-refractivity contribution >= 4 is 22.6 Å². The lowest BCUT2D eigenvalue weighted by Crippen LogP contribution is -2.54. The third kappa shape index (κ3) is 2.95. The molecule has 25 heavy (non-hydrogen) atoms. The van der Waals surface area contributed by atoms with Gasteiger partial charge in [-0.15, -0.1) is 0 Å². The molecule has 2 aliphatic rings. The van der Waals surface area contributed by atoms with Crippen LogP contribution in [0.3, 0.4) is 0 Å². The van der Waals surface area contributed by atoms with E-state index in [1.807, 2.05) is 24.0 Å². The number of morpholine rings is 1. The number of ketones is 1. The number of carbonyl (C=O) groups excluding carboxylic acids is 2. The fraction of sp³-hybridized carbons (Fsp3) is 0.526. The Morgan fingerprint density at radius 2 is 2.24 bits per heavy atom. The molecule has 1 aromatic heterocycles. The largest absolute Gasteiger partial charge is 0.377 e. The average Bonchev–Trinajstić information content (AvgIpc) is 3.09. The summed E-state index contributed by atoms with van der Waals surface area (Å²) >= 11 is 0. The molecule has 1 amide bonds. The van der Waals surface area contributed by atoms with E-state index in [0.717, 1.165) is 35.7 Å². The Bertz CT molecular complexity index is 813. The van der Waals surface area contributed by atoms with Crippen LogP contribution in [0.15, 0.2) is 18.3 Å². The van der Waals surface area contributed by atoms with E-state index < -0.39 is 0 Å². The van der Waals surface area contributed by atoms with E-state index in [2.05, 4.69) is 10.2 Å². The molecule has 2 unspecified atom stereocenters. The van der Waals surface area contributed by atoms with Crippen LogP contribution in [0, 0.1) is 12.8 Å². The van der Waals surface area contributed by atoms with Gasteiger partial charge in [-0.3, -0.25) is 14.7 Å². The maximum Gasteiger partial charge on any atom is 0.256 e. The molecule has 2 aromatic rings. The summed E-state index contributed by atoms with van der Waals surface area (Å²) in [5, 5.41) is 7.95. The first-order valence-electron chi connectivity index (χ1n) is 9.00. The topological polar surface area (TPSA) is 75.3 Å². The quantitative estimate of drug-likeness (QED) is 0.910. The summed E-state index contributed by atoms with van der Waals surface area (Å²) in [5.74, 6) is 0.139. The highest BCUT2D eigenvalue weighted by molar-refractivity contribution is 6.06. The predicted octanol–water partition coefficient (Wildman–Crippen LogP) is 2.47. The van der Waals surface area contributed by atoms with E-state index in [1.165, 1.54) is 0 Å². The lowest BCUT2D eigenvalue weighted by molar-refractivity contribution is -0.129. The Kier molecular flexibility index (Phi) is 4.29. The van der Waals surface area contributed by atoms with Gasteiger partial charge in [-0.05, 0) is 37.5 Å². The Balaban J connectivity index is 1.69. The van der Waals surface area contributed by atoms with Gasteiger partial charge in [0.05, 0.1) is 36.5 Å². The van der Waals surface area contributed by atoms with Gasteiger partial charge in [0.15, 0.2) is 0 Å². The minimum Gasteiger partial charge on any atom is -0.377 e. The van der Waals surface area contributed by atoms with Crippen molar-refractivity contribution < 1.29 is 14.3 Å². The van der Waals surface area contributed by atoms with Gasteiger partial charge in [-0.25, -0.2) is 0 Å². The van der Waals surface area contributed by atoms with Crippen molar-refractivity contribution in [2.75, 3.05) is 19.8 Å². The summed E-state index contributed by atoms with van der Waals surface area (Å²) < 4.78 is 5.63. The first-order valence-corrected chi connectivity index (χ1v) is 9.00. The predicted molar refractivity (Wildman–Crippen MR) is 93.4 cm³/mol. The smallest absolute Gasteiger partial charge is 0.256 e. The fourth-order valence-electron chi connectivity index (χ4n) is 4.16. The number of ether oxygens (including phenoxy) is 1. The number of rotatable bonds is 2. The molecule has 132 valence electrons. The Morgan fingerprint density at radius 1 is 1.36 bits per heavy atom. The lowest BCUT2D eigenvalue weighted by atomic mass is 9.81. The third-order valence-corrected chi connectivity index (χ3v) is 5.42. The lowest BCUT2D eigenvalue weighted by Gasteiger charge is -2.41. The minimum absolute atomic E-state index is 0.0374. The maximum atomic E-state index is 13.3. The first-order chi connectivity index (χ1) is 12.1. The molecule has 0 radical (unpaired) electrons. The number of benzene rings is 1. The molecule has 1 aromatic carbocycles. The van der Waals surface area contributed by atoms with Crippen molar-refractivity contribution in [2.24, 2.45) is 5.92 Å². The van der Waals surface area contributed by atoms with Gasteiger partial charge in [0.25, 0.3) is 5.91 Å². The van der Waals surface area contributed by atoms with Gasteiger partial charge in [0, 0.05) is 24.3 Å². The van der Waals surface area contributed by atoms with Crippen LogP contribution in [0.2, 0.25) is 0 Å². The van der Waals surface area contributed by atoms with Crippen LogP contribution in [0.4, 0.5) is 0 Å². The number of aryl methyl sites for hydroxylation is 1. The van der Waals surface area contributed by atoms with Crippen molar-refractivity contribution in [3.05, 3.63) is 29.5 Å². The molecule has 1 aliphatic heterocycles. The van der Waals surface area contributed by atoms with E-state index in [1.54, 1.807) is 6.20 Å². The van der Waals surface area contributed by atoms with Crippen LogP contribution < -0.4 is 0 Å². The number of fused-ring (bicyclic) bond motifs is 1. The number of H-pyrrole nitrogens is 1. The molecule has 0 spiro atoms. The zero-order chi connectivity index (χ0) is 17.4. The second kappa shape index (κ2) is 6.59. The molecule has 1 N–H and O–H groups in total. The number of Topliss-reactive ketones (excluding diaryl/α,β-unsaturated/α-hetero) is 1. The molecule has 6 heteroatoms. The second-order valence-corrected chi connectivity index (χ2v) is 7.11. The van der Waals surface area contributed by atoms with Crippen molar-refractivity contribution in [3.63, 3.8) is 0 Å². The van der Waals surface area contributed by atoms with Gasteiger partial charge in [0.1, 0.15) is 5.78 Å². The van der Waals surface area contributed by atoms with E-state index in [9.17, 15) is 9.59 Å². The average molecular weight is 341 g/mol. The van der Waals surface area contributed by atoms with Crippen LogP contribution in [-0.4, -0.2) is 52.6 Å². The number of carbonyl (C=O) groups is 2. The summed E-state index contributed by atoms with van der Waals surface area (Å²) in [7, 11) is 0. The van der Waals surface area contributed by atoms with Crippen molar-refractivity contribution in [3.8, 4) is 0 Å². The summed E-state index contributed by atoms with van der Waals surface area (Å²) in [6.07, 6.45) is 5.22. The Morgan fingerprint density at radius 3 is 3.08 bits per heavy atom. The van der Waals surface area contributed by atoms with Crippen LogP contribution >= 0.6 is 0 Å². The van der Waals surface area contributed by atoms with Crippen molar-refractivity contribution in [2.45, 2.75) is 38.6 Å². The van der Waals surface area contributed by atoms with Crippen LogP contribution in [0.1, 0.15) is 41.6 Å². The van der Waals surface area contributed by atoms with Crippen molar-refractivity contribution in [1.82, 2.24) is 15.1 Å². The highest BCUT2D eigenvalue weighted by Gasteiger charge is 2.38. The van der Waals surface area contributed by atoms with E-state index in [4.69, 9.17) is 4.74 Å².